The summed E-state index contributed by atoms with van der Waals surface area (Å²) in [5.41, 5.74) is 6.56. The Morgan fingerprint density at radius 1 is 1.14 bits per heavy atom. The molecular weight excluding hydrogens is 239 g/mol. The molecule has 0 bridgehead atoms. The maximum atomic E-state index is 8.64. The molecule has 0 heterocycles. The summed E-state index contributed by atoms with van der Waals surface area (Å²) in [5.74, 6) is 0. The molecule has 0 aliphatic rings. The van der Waals surface area contributed by atoms with Crippen LogP contribution in [0, 0.1) is 10.2 Å². The van der Waals surface area contributed by atoms with E-state index in [0.29, 0.717) is 0 Å². The fourth-order valence-corrected chi connectivity index (χ4v) is 2.34. The average molecular weight is 247 g/mol. The Morgan fingerprint density at radius 2 is 1.79 bits per heavy atom. The Labute approximate surface area is 88.5 Å². The van der Waals surface area contributed by atoms with E-state index < -0.39 is 0 Å². The van der Waals surface area contributed by atoms with Crippen molar-refractivity contribution in [1.29, 1.82) is 5.26 Å². The second kappa shape index (κ2) is 3.71. The molecule has 0 atom stereocenters. The molecule has 0 aliphatic heterocycles. The second-order valence-electron chi connectivity index (χ2n) is 2.93. The van der Waals surface area contributed by atoms with Gasteiger partial charge in [-0.15, -0.1) is 0 Å². The summed E-state index contributed by atoms with van der Waals surface area (Å²) in [6.45, 7) is 0. The normalized spacial score (nSPS) is 9.93. The zero-order valence-corrected chi connectivity index (χ0v) is 9.11. The van der Waals surface area contributed by atoms with Crippen molar-refractivity contribution < 1.29 is 0 Å². The van der Waals surface area contributed by atoms with E-state index in [1.165, 1.54) is 0 Å². The Balaban J connectivity index is 2.66. The van der Waals surface area contributed by atoms with Crippen LogP contribution in [-0.4, -0.2) is 15.0 Å². The van der Waals surface area contributed by atoms with E-state index in [9.17, 15) is 0 Å². The molecule has 14 heavy (non-hydrogen) atoms. The molecule has 0 aliphatic carbocycles. The number of hydrogen-bond acceptors (Lipinski definition) is 2. The van der Waals surface area contributed by atoms with Gasteiger partial charge in [-0.2, -0.15) is 0 Å². The Morgan fingerprint density at radius 3 is 2.43 bits per heavy atom. The topological polar surface area (TPSA) is 49.8 Å². The van der Waals surface area contributed by atoms with Crippen LogP contribution in [0.4, 0.5) is 5.69 Å². The van der Waals surface area contributed by atoms with Crippen LogP contribution in [-0.2, 0) is 0 Å². The minimum absolute atomic E-state index is 0.173. The van der Waals surface area contributed by atoms with Gasteiger partial charge < -0.3 is 0 Å². The fourth-order valence-electron chi connectivity index (χ4n) is 1.37. The van der Waals surface area contributed by atoms with E-state index in [4.69, 9.17) is 11.0 Å². The number of nitrogens with two attached hydrogens (primary N) is 1. The van der Waals surface area contributed by atoms with Crippen LogP contribution in [0.15, 0.2) is 36.4 Å². The number of benzene rings is 2. The van der Waals surface area contributed by atoms with Gasteiger partial charge in [0.2, 0.25) is 0 Å². The molecule has 0 radical (unpaired) electrons. The van der Waals surface area contributed by atoms with Gasteiger partial charge in [0.15, 0.2) is 0 Å². The summed E-state index contributed by atoms with van der Waals surface area (Å²) in [4.78, 5) is 2.17. The van der Waals surface area contributed by atoms with Gasteiger partial charge in [0.1, 0.15) is 0 Å². The molecule has 2 aromatic rings. The summed E-state index contributed by atoms with van der Waals surface area (Å²) < 4.78 is 0.971. The number of anilines is 1. The van der Waals surface area contributed by atoms with Gasteiger partial charge in [-0.3, -0.25) is 0 Å². The van der Waals surface area contributed by atoms with Crippen molar-refractivity contribution in [2.24, 2.45) is 0 Å². The van der Waals surface area contributed by atoms with Gasteiger partial charge in [-0.05, 0) is 0 Å². The molecule has 3 heteroatoms. The van der Waals surface area contributed by atoms with Crippen molar-refractivity contribution in [3.8, 4) is 4.97 Å². The number of fused-ring (bicyclic) bond motifs is 1. The zero-order valence-electron chi connectivity index (χ0n) is 7.40. The standard InChI is InChI=1S/C11H8N2Se/c12-7-14-11-6-9-4-2-1-3-8(9)5-10(11)13/h1-6H,13H2. The van der Waals surface area contributed by atoms with Gasteiger partial charge in [0.05, 0.1) is 0 Å². The zero-order chi connectivity index (χ0) is 9.97. The Hall–Kier alpha value is -1.49. The van der Waals surface area contributed by atoms with Gasteiger partial charge in [0, 0.05) is 0 Å². The van der Waals surface area contributed by atoms with Gasteiger partial charge >= 0.3 is 88.2 Å². The Kier molecular flexibility index (Phi) is 2.41. The summed E-state index contributed by atoms with van der Waals surface area (Å²) in [6.07, 6.45) is 0. The quantitative estimate of drug-likeness (QED) is 0.608. The predicted octanol–water partition coefficient (Wildman–Crippen LogP) is 1.23. The van der Waals surface area contributed by atoms with Gasteiger partial charge in [-0.1, -0.05) is 0 Å². The molecule has 68 valence electrons. The van der Waals surface area contributed by atoms with E-state index in [2.05, 4.69) is 4.97 Å². The van der Waals surface area contributed by atoms with E-state index in [1.54, 1.807) is 0 Å². The van der Waals surface area contributed by atoms with Crippen molar-refractivity contribution in [1.82, 2.24) is 0 Å². The third kappa shape index (κ3) is 1.58. The van der Waals surface area contributed by atoms with Crippen LogP contribution in [0.3, 0.4) is 0 Å². The van der Waals surface area contributed by atoms with E-state index in [0.717, 1.165) is 20.9 Å². The van der Waals surface area contributed by atoms with E-state index in [1.807, 2.05) is 36.4 Å². The molecule has 0 amide bonds. The molecule has 0 spiro atoms. The summed E-state index contributed by atoms with van der Waals surface area (Å²) >= 11 is -0.173. The average Bonchev–Trinajstić information content (AvgIpc) is 2.19. The van der Waals surface area contributed by atoms with Crippen LogP contribution in [0.2, 0.25) is 0 Å². The summed E-state index contributed by atoms with van der Waals surface area (Å²) in [7, 11) is 0. The molecule has 2 nitrogen and oxygen atoms in total. The molecule has 0 saturated carbocycles. The first-order valence-electron chi connectivity index (χ1n) is 4.15. The predicted molar refractivity (Wildman–Crippen MR) is 59.4 cm³/mol. The molecule has 2 rings (SSSR count). The number of nitrogens with zero attached hydrogens (tertiary/aromatic N) is 1. The molecule has 2 N–H and O–H groups in total. The van der Waals surface area contributed by atoms with Crippen molar-refractivity contribution in [3.05, 3.63) is 36.4 Å². The first-order chi connectivity index (χ1) is 6.81. The van der Waals surface area contributed by atoms with Crippen molar-refractivity contribution >= 4 is 35.9 Å². The first kappa shape index (κ1) is 9.08. The van der Waals surface area contributed by atoms with Crippen molar-refractivity contribution in [2.75, 3.05) is 5.73 Å². The van der Waals surface area contributed by atoms with Crippen LogP contribution >= 0.6 is 0 Å². The van der Waals surface area contributed by atoms with Crippen LogP contribution in [0.1, 0.15) is 0 Å². The first-order valence-corrected chi connectivity index (χ1v) is 5.87. The van der Waals surface area contributed by atoms with Crippen molar-refractivity contribution in [2.45, 2.75) is 0 Å². The number of hydrogen-bond donors (Lipinski definition) is 1. The van der Waals surface area contributed by atoms with Crippen LogP contribution in [0.5, 0.6) is 0 Å². The third-order valence-electron chi connectivity index (χ3n) is 2.03. The molecule has 0 unspecified atom stereocenters. The maximum absolute atomic E-state index is 8.64. The SMILES string of the molecule is N#C[Se]c1cc2ccccc2cc1N. The van der Waals surface area contributed by atoms with Crippen molar-refractivity contribution in [3.63, 3.8) is 0 Å². The second-order valence-corrected chi connectivity index (χ2v) is 4.66. The summed E-state index contributed by atoms with van der Waals surface area (Å²) in [5, 5.41) is 10.9. The molecule has 0 aromatic heterocycles. The van der Waals surface area contributed by atoms with Gasteiger partial charge in [0.25, 0.3) is 0 Å². The van der Waals surface area contributed by atoms with Crippen LogP contribution < -0.4 is 10.2 Å². The summed E-state index contributed by atoms with van der Waals surface area (Å²) in [6, 6.07) is 12.0. The Bertz CT molecular complexity index is 514. The fraction of sp³-hybridized carbons (Fsp3) is 0. The van der Waals surface area contributed by atoms with E-state index >= 15 is 0 Å². The molecule has 0 saturated heterocycles. The molecule has 2 aromatic carbocycles. The monoisotopic (exact) mass is 248 g/mol. The van der Waals surface area contributed by atoms with E-state index in [-0.39, 0.29) is 15.0 Å². The number of rotatable bonds is 1. The van der Waals surface area contributed by atoms with Crippen LogP contribution in [0.25, 0.3) is 10.8 Å². The molecule has 0 fully saturated rings. The number of nitrogen functional groups attached to an aromatic ring is 1. The number of nitriles is 1. The minimum atomic E-state index is -0.173. The molecular formula is C11H8N2Se. The third-order valence-corrected chi connectivity index (χ3v) is 3.43. The van der Waals surface area contributed by atoms with Gasteiger partial charge in [-0.25, -0.2) is 0 Å².